The van der Waals surface area contributed by atoms with Gasteiger partial charge in [-0.25, -0.2) is 0 Å². The third-order valence-electron chi connectivity index (χ3n) is 3.43. The van der Waals surface area contributed by atoms with E-state index in [1.54, 1.807) is 7.11 Å². The zero-order valence-corrected chi connectivity index (χ0v) is 13.0. The molecule has 4 nitrogen and oxygen atoms in total. The Morgan fingerprint density at radius 3 is 3.05 bits per heavy atom. The minimum atomic E-state index is 0.618. The number of pyridine rings is 1. The first-order valence-electron chi connectivity index (χ1n) is 6.83. The lowest BCUT2D eigenvalue weighted by Gasteiger charge is -2.25. The van der Waals surface area contributed by atoms with Crippen LogP contribution in [0.15, 0.2) is 22.8 Å². The van der Waals surface area contributed by atoms with Gasteiger partial charge < -0.3 is 10.1 Å². The number of halogens is 1. The van der Waals surface area contributed by atoms with Crippen LogP contribution >= 0.6 is 15.9 Å². The molecule has 0 radical (unpaired) electrons. The Bertz CT molecular complexity index is 365. The fourth-order valence-electron chi connectivity index (χ4n) is 2.41. The van der Waals surface area contributed by atoms with Gasteiger partial charge in [-0.15, -0.1) is 0 Å². The van der Waals surface area contributed by atoms with Crippen LogP contribution < -0.4 is 5.32 Å². The minimum Gasteiger partial charge on any atom is -0.383 e. The van der Waals surface area contributed by atoms with Crippen LogP contribution in [0.25, 0.3) is 0 Å². The molecular formula is C14H22BrN3O. The molecule has 1 atom stereocenters. The zero-order chi connectivity index (χ0) is 13.5. The molecule has 2 heterocycles. The first-order chi connectivity index (χ1) is 9.28. The highest BCUT2D eigenvalue weighted by Gasteiger charge is 2.18. The number of hydrogen-bond acceptors (Lipinski definition) is 4. The quantitative estimate of drug-likeness (QED) is 0.831. The third kappa shape index (κ3) is 5.18. The van der Waals surface area contributed by atoms with Gasteiger partial charge in [-0.05, 0) is 47.4 Å². The van der Waals surface area contributed by atoms with Crippen molar-refractivity contribution < 1.29 is 4.74 Å². The van der Waals surface area contributed by atoms with Crippen LogP contribution in [0.5, 0.6) is 0 Å². The lowest BCUT2D eigenvalue weighted by atomic mass is 10.2. The van der Waals surface area contributed by atoms with Crippen molar-refractivity contribution in [2.45, 2.75) is 25.4 Å². The maximum Gasteiger partial charge on any atom is 0.0589 e. The van der Waals surface area contributed by atoms with Gasteiger partial charge in [0.05, 0.1) is 12.3 Å². The van der Waals surface area contributed by atoms with E-state index in [1.165, 1.54) is 12.8 Å². The average Bonchev–Trinajstić information content (AvgIpc) is 2.91. The molecule has 5 heteroatoms. The molecule has 1 aromatic heterocycles. The van der Waals surface area contributed by atoms with Gasteiger partial charge in [0.15, 0.2) is 0 Å². The smallest absolute Gasteiger partial charge is 0.0589 e. The molecule has 0 bridgehead atoms. The zero-order valence-electron chi connectivity index (χ0n) is 11.4. The fraction of sp³-hybridized carbons (Fsp3) is 0.643. The van der Waals surface area contributed by atoms with Crippen LogP contribution in [0.3, 0.4) is 0 Å². The van der Waals surface area contributed by atoms with E-state index in [0.29, 0.717) is 6.04 Å². The van der Waals surface area contributed by atoms with Crippen LogP contribution in [-0.4, -0.2) is 49.3 Å². The van der Waals surface area contributed by atoms with Crippen molar-refractivity contribution >= 4 is 15.9 Å². The summed E-state index contributed by atoms with van der Waals surface area (Å²) in [7, 11) is 1.75. The molecule has 106 valence electrons. The summed E-state index contributed by atoms with van der Waals surface area (Å²) in [5.74, 6) is 0. The van der Waals surface area contributed by atoms with Crippen molar-refractivity contribution in [2.24, 2.45) is 0 Å². The highest BCUT2D eigenvalue weighted by atomic mass is 79.9. The average molecular weight is 328 g/mol. The number of nitrogens with zero attached hydrogens (tertiary/aromatic N) is 2. The lowest BCUT2D eigenvalue weighted by Crippen LogP contribution is -2.38. The van der Waals surface area contributed by atoms with Crippen molar-refractivity contribution in [3.05, 3.63) is 28.5 Å². The van der Waals surface area contributed by atoms with E-state index < -0.39 is 0 Å². The van der Waals surface area contributed by atoms with E-state index in [9.17, 15) is 0 Å². The van der Waals surface area contributed by atoms with Gasteiger partial charge in [0.25, 0.3) is 0 Å². The summed E-state index contributed by atoms with van der Waals surface area (Å²) >= 11 is 3.42. The van der Waals surface area contributed by atoms with E-state index in [1.807, 2.05) is 12.3 Å². The summed E-state index contributed by atoms with van der Waals surface area (Å²) in [5, 5.41) is 3.55. The number of ether oxygens (including phenoxy) is 1. The second-order valence-corrected chi connectivity index (χ2v) is 5.90. The molecule has 1 aromatic rings. The molecule has 1 unspecified atom stereocenters. The number of hydrogen-bond donors (Lipinski definition) is 1. The molecule has 1 fully saturated rings. The van der Waals surface area contributed by atoms with Gasteiger partial charge in [0.2, 0.25) is 0 Å². The molecule has 0 spiro atoms. The van der Waals surface area contributed by atoms with Crippen molar-refractivity contribution in [1.82, 2.24) is 15.2 Å². The van der Waals surface area contributed by atoms with Crippen LogP contribution in [0.2, 0.25) is 0 Å². The molecule has 0 amide bonds. The van der Waals surface area contributed by atoms with Gasteiger partial charge in [-0.2, -0.15) is 0 Å². The highest BCUT2D eigenvalue weighted by Crippen LogP contribution is 2.11. The van der Waals surface area contributed by atoms with Crippen molar-refractivity contribution in [1.29, 1.82) is 0 Å². The van der Waals surface area contributed by atoms with Crippen molar-refractivity contribution in [2.75, 3.05) is 33.4 Å². The largest absolute Gasteiger partial charge is 0.383 e. The van der Waals surface area contributed by atoms with Gasteiger partial charge >= 0.3 is 0 Å². The van der Waals surface area contributed by atoms with E-state index in [0.717, 1.165) is 43.0 Å². The normalized spacial score (nSPS) is 19.2. The molecule has 1 aliphatic rings. The fourth-order valence-corrected chi connectivity index (χ4v) is 2.64. The molecule has 1 aliphatic heterocycles. The Labute approximate surface area is 123 Å². The number of rotatable bonds is 7. The molecular weight excluding hydrogens is 306 g/mol. The Balaban J connectivity index is 1.89. The summed E-state index contributed by atoms with van der Waals surface area (Å²) in [6.45, 7) is 4.82. The summed E-state index contributed by atoms with van der Waals surface area (Å²) in [6.07, 6.45) is 4.42. The predicted octanol–water partition coefficient (Wildman–Crippen LogP) is 2.04. The SMILES string of the molecule is COCCN(Cc1ccc(Br)cn1)CC1CCCN1. The van der Waals surface area contributed by atoms with E-state index in [-0.39, 0.29) is 0 Å². The van der Waals surface area contributed by atoms with Gasteiger partial charge in [-0.1, -0.05) is 0 Å². The maximum atomic E-state index is 5.20. The molecule has 0 aliphatic carbocycles. The van der Waals surface area contributed by atoms with Crippen LogP contribution in [0.1, 0.15) is 18.5 Å². The Morgan fingerprint density at radius 2 is 2.42 bits per heavy atom. The predicted molar refractivity (Wildman–Crippen MR) is 80.1 cm³/mol. The number of methoxy groups -OCH3 is 1. The molecule has 1 saturated heterocycles. The Morgan fingerprint density at radius 1 is 1.53 bits per heavy atom. The van der Waals surface area contributed by atoms with E-state index in [2.05, 4.69) is 37.2 Å². The summed E-state index contributed by atoms with van der Waals surface area (Å²) in [6, 6.07) is 4.74. The summed E-state index contributed by atoms with van der Waals surface area (Å²) < 4.78 is 6.23. The van der Waals surface area contributed by atoms with Gasteiger partial charge in [-0.3, -0.25) is 9.88 Å². The molecule has 1 N–H and O–H groups in total. The van der Waals surface area contributed by atoms with E-state index >= 15 is 0 Å². The summed E-state index contributed by atoms with van der Waals surface area (Å²) in [5.41, 5.74) is 1.11. The maximum absolute atomic E-state index is 5.20. The first kappa shape index (κ1) is 14.9. The van der Waals surface area contributed by atoms with E-state index in [4.69, 9.17) is 4.74 Å². The van der Waals surface area contributed by atoms with Crippen LogP contribution in [0.4, 0.5) is 0 Å². The minimum absolute atomic E-state index is 0.618. The lowest BCUT2D eigenvalue weighted by molar-refractivity contribution is 0.137. The number of aromatic nitrogens is 1. The first-order valence-corrected chi connectivity index (χ1v) is 7.62. The Hall–Kier alpha value is -0.490. The molecule has 0 aromatic carbocycles. The third-order valence-corrected chi connectivity index (χ3v) is 3.90. The number of nitrogens with one attached hydrogen (secondary N) is 1. The van der Waals surface area contributed by atoms with Crippen LogP contribution in [-0.2, 0) is 11.3 Å². The monoisotopic (exact) mass is 327 g/mol. The molecule has 19 heavy (non-hydrogen) atoms. The summed E-state index contributed by atoms with van der Waals surface area (Å²) in [4.78, 5) is 6.87. The highest BCUT2D eigenvalue weighted by molar-refractivity contribution is 9.10. The van der Waals surface area contributed by atoms with Crippen molar-refractivity contribution in [3.63, 3.8) is 0 Å². The van der Waals surface area contributed by atoms with Gasteiger partial charge in [0, 0.05) is 43.5 Å². The Kier molecular flexibility index (Phi) is 6.23. The molecule has 0 saturated carbocycles. The topological polar surface area (TPSA) is 37.4 Å². The van der Waals surface area contributed by atoms with Gasteiger partial charge in [0.1, 0.15) is 0 Å². The van der Waals surface area contributed by atoms with Crippen molar-refractivity contribution in [3.8, 4) is 0 Å². The standard InChI is InChI=1S/C14H22BrN3O/c1-19-8-7-18(10-13-3-2-6-16-13)11-14-5-4-12(15)9-17-14/h4-5,9,13,16H,2-3,6-8,10-11H2,1H3. The second kappa shape index (κ2) is 7.94. The second-order valence-electron chi connectivity index (χ2n) is 4.99. The van der Waals surface area contributed by atoms with Crippen LogP contribution in [0, 0.1) is 0 Å². The molecule has 2 rings (SSSR count).